The molecule has 1 aromatic rings. The van der Waals surface area contributed by atoms with Crippen molar-refractivity contribution in [3.8, 4) is 0 Å². The van der Waals surface area contributed by atoms with Gasteiger partial charge in [-0.05, 0) is 29.5 Å². The Morgan fingerprint density at radius 3 is 1.58 bits per heavy atom. The van der Waals surface area contributed by atoms with Gasteiger partial charge in [0.05, 0.1) is 0 Å². The summed E-state index contributed by atoms with van der Waals surface area (Å²) in [6.45, 7) is 0. The Kier molecular flexibility index (Phi) is 11.5. The fourth-order valence-electron chi connectivity index (χ4n) is 1.85. The van der Waals surface area contributed by atoms with Crippen molar-refractivity contribution in [3.63, 3.8) is 0 Å². The standard InChI is InChI=1S/C10H16F6O3S.C5H5N/c11-9(12,13)7-5-3-1-2-4-6-8-10(14,15)20(17,18)19-16;1-2-4-6-5-3-1/h1-8H2;1-5H. The van der Waals surface area contributed by atoms with E-state index in [9.17, 15) is 34.9 Å². The minimum Gasteiger partial charge on any atom is -0.265 e. The molecule has 0 bridgehead atoms. The summed E-state index contributed by atoms with van der Waals surface area (Å²) in [5.74, 6) is 0. The molecule has 0 spiro atoms. The van der Waals surface area contributed by atoms with Crippen molar-refractivity contribution in [2.45, 2.75) is 62.8 Å². The van der Waals surface area contributed by atoms with Gasteiger partial charge in [0.15, 0.2) is 0 Å². The maximum absolute atomic E-state index is 12.9. The van der Waals surface area contributed by atoms with E-state index in [0.717, 1.165) is 0 Å². The molecule has 1 rings (SSSR count). The molecular weight excluding hydrogens is 388 g/mol. The van der Waals surface area contributed by atoms with Gasteiger partial charge in [-0.2, -0.15) is 30.4 Å². The summed E-state index contributed by atoms with van der Waals surface area (Å²) >= 11 is 0. The van der Waals surface area contributed by atoms with Crippen LogP contribution in [-0.2, 0) is 14.5 Å². The highest BCUT2D eigenvalue weighted by Crippen LogP contribution is 2.30. The zero-order valence-electron chi connectivity index (χ0n) is 13.9. The summed E-state index contributed by atoms with van der Waals surface area (Å²) in [7, 11) is -5.54. The summed E-state index contributed by atoms with van der Waals surface area (Å²) in [4.78, 5) is 3.78. The second-order valence-corrected chi connectivity index (χ2v) is 7.05. The minimum absolute atomic E-state index is 0.0241. The van der Waals surface area contributed by atoms with Crippen LogP contribution in [0.1, 0.15) is 51.4 Å². The average molecular weight is 409 g/mol. The lowest BCUT2D eigenvalue weighted by Gasteiger charge is -2.12. The largest absolute Gasteiger partial charge is 0.389 e. The van der Waals surface area contributed by atoms with E-state index in [-0.39, 0.29) is 19.3 Å². The van der Waals surface area contributed by atoms with Gasteiger partial charge in [-0.15, -0.1) is 0 Å². The molecule has 0 atom stereocenters. The van der Waals surface area contributed by atoms with E-state index < -0.39 is 34.4 Å². The molecule has 0 fully saturated rings. The Labute approximate surface area is 148 Å². The third-order valence-electron chi connectivity index (χ3n) is 3.19. The molecule has 1 aromatic heterocycles. The van der Waals surface area contributed by atoms with Crippen molar-refractivity contribution >= 4 is 10.1 Å². The first-order valence-corrected chi connectivity index (χ1v) is 9.27. The Morgan fingerprint density at radius 2 is 1.23 bits per heavy atom. The molecule has 4 nitrogen and oxygen atoms in total. The Bertz CT molecular complexity index is 540. The van der Waals surface area contributed by atoms with Gasteiger partial charge in [0.1, 0.15) is 0 Å². The topological polar surface area (TPSA) is 56.3 Å². The summed E-state index contributed by atoms with van der Waals surface area (Å²) < 4.78 is 95.7. The van der Waals surface area contributed by atoms with Crippen LogP contribution in [0.5, 0.6) is 0 Å². The zero-order valence-corrected chi connectivity index (χ0v) is 14.7. The van der Waals surface area contributed by atoms with Gasteiger partial charge in [0.2, 0.25) is 0 Å². The second kappa shape index (κ2) is 12.1. The molecule has 152 valence electrons. The number of alkyl halides is 5. The van der Waals surface area contributed by atoms with Crippen molar-refractivity contribution in [1.29, 1.82) is 0 Å². The molecule has 0 radical (unpaired) electrons. The van der Waals surface area contributed by atoms with Gasteiger partial charge >= 0.3 is 21.5 Å². The molecule has 0 aromatic carbocycles. The van der Waals surface area contributed by atoms with Crippen LogP contribution in [0.3, 0.4) is 0 Å². The monoisotopic (exact) mass is 409 g/mol. The van der Waals surface area contributed by atoms with E-state index in [0.29, 0.717) is 19.3 Å². The number of halogens is 6. The first kappa shape index (κ1) is 24.6. The van der Waals surface area contributed by atoms with Gasteiger partial charge in [-0.3, -0.25) is 4.98 Å². The number of hydrogen-bond donors (Lipinski definition) is 0. The van der Waals surface area contributed by atoms with Crippen molar-refractivity contribution in [2.24, 2.45) is 0 Å². The van der Waals surface area contributed by atoms with Crippen LogP contribution in [0.25, 0.3) is 0 Å². The van der Waals surface area contributed by atoms with Crippen LogP contribution < -0.4 is 0 Å². The average Bonchev–Trinajstić information content (AvgIpc) is 2.58. The molecular formula is C15H21F6NO3S. The number of rotatable bonds is 10. The maximum Gasteiger partial charge on any atom is 0.389 e. The molecule has 1 heterocycles. The predicted octanol–water partition coefficient (Wildman–Crippen LogP) is 5.57. The molecule has 26 heavy (non-hydrogen) atoms. The van der Waals surface area contributed by atoms with E-state index >= 15 is 0 Å². The lowest BCUT2D eigenvalue weighted by molar-refractivity contribution is -0.135. The summed E-state index contributed by atoms with van der Waals surface area (Å²) in [6.07, 6.45) is -1.47. The Balaban J connectivity index is 0.000000867. The Hall–Kier alpha value is -1.36. The molecule has 0 N–H and O–H groups in total. The molecule has 0 saturated carbocycles. The molecule has 0 saturated heterocycles. The normalized spacial score (nSPS) is 12.4. The molecule has 0 aliphatic heterocycles. The summed E-state index contributed by atoms with van der Waals surface area (Å²) in [5.41, 5.74) is 0. The number of aromatic nitrogens is 1. The van der Waals surface area contributed by atoms with Crippen molar-refractivity contribution in [2.75, 3.05) is 0 Å². The van der Waals surface area contributed by atoms with Gasteiger partial charge in [0.25, 0.3) is 0 Å². The number of pyridine rings is 1. The molecule has 0 aliphatic carbocycles. The summed E-state index contributed by atoms with van der Waals surface area (Å²) in [6, 6.07) is 5.72. The molecule has 0 amide bonds. The molecule has 11 heteroatoms. The first-order chi connectivity index (χ1) is 12.0. The van der Waals surface area contributed by atoms with Crippen LogP contribution in [0.4, 0.5) is 26.5 Å². The molecule has 0 aliphatic rings. The van der Waals surface area contributed by atoms with Gasteiger partial charge in [-0.1, -0.05) is 36.1 Å². The van der Waals surface area contributed by atoms with E-state index in [4.69, 9.17) is 0 Å². The quantitative estimate of drug-likeness (QED) is 0.374. The van der Waals surface area contributed by atoms with Gasteiger partial charge in [0, 0.05) is 25.2 Å². The fraction of sp³-hybridized carbons (Fsp3) is 0.667. The van der Waals surface area contributed by atoms with E-state index in [2.05, 4.69) is 9.37 Å². The first-order valence-electron chi connectivity index (χ1n) is 7.86. The number of unbranched alkanes of at least 4 members (excludes halogenated alkanes) is 5. The molecule has 0 unspecified atom stereocenters. The van der Waals surface area contributed by atoms with E-state index in [1.165, 1.54) is 0 Å². The zero-order chi connectivity index (χ0) is 20.1. The van der Waals surface area contributed by atoms with E-state index in [1.807, 2.05) is 18.2 Å². The van der Waals surface area contributed by atoms with Crippen molar-refractivity contribution in [3.05, 3.63) is 30.6 Å². The van der Waals surface area contributed by atoms with Crippen LogP contribution >= 0.6 is 0 Å². The van der Waals surface area contributed by atoms with Gasteiger partial charge in [-0.25, -0.2) is 0 Å². The van der Waals surface area contributed by atoms with Crippen LogP contribution in [0.15, 0.2) is 30.6 Å². The van der Waals surface area contributed by atoms with Crippen LogP contribution in [0, 0.1) is 0 Å². The second-order valence-electron chi connectivity index (χ2n) is 5.42. The van der Waals surface area contributed by atoms with Gasteiger partial charge < -0.3 is 0 Å². The smallest absolute Gasteiger partial charge is 0.265 e. The predicted molar refractivity (Wildman–Crippen MR) is 83.3 cm³/mol. The van der Waals surface area contributed by atoms with E-state index in [1.54, 1.807) is 12.4 Å². The minimum atomic E-state index is -5.54. The highest BCUT2D eigenvalue weighted by Gasteiger charge is 2.46. The third kappa shape index (κ3) is 12.1. The third-order valence-corrected chi connectivity index (χ3v) is 4.29. The van der Waals surface area contributed by atoms with Crippen molar-refractivity contribution < 1.29 is 39.3 Å². The maximum atomic E-state index is 12.9. The number of nitrogens with zero attached hydrogens (tertiary/aromatic N) is 1. The highest BCUT2D eigenvalue weighted by atomic mass is 32.2. The summed E-state index contributed by atoms with van der Waals surface area (Å²) in [5, 5.41) is -4.29. The van der Waals surface area contributed by atoms with Crippen LogP contribution in [-0.4, -0.2) is 24.8 Å². The van der Waals surface area contributed by atoms with Crippen LogP contribution in [0.2, 0.25) is 0 Å². The highest BCUT2D eigenvalue weighted by molar-refractivity contribution is 7.87. The fourth-order valence-corrected chi connectivity index (χ4v) is 2.33. The lowest BCUT2D eigenvalue weighted by atomic mass is 10.1. The van der Waals surface area contributed by atoms with Crippen molar-refractivity contribution in [1.82, 2.24) is 4.98 Å². The SMILES string of the molecule is O=S(=O)(OF)C(F)(F)CCCCCCCCC(F)(F)F.c1ccncc1. The lowest BCUT2D eigenvalue weighted by Crippen LogP contribution is -2.28. The number of hydrogen-bond acceptors (Lipinski definition) is 4. The Morgan fingerprint density at radius 1 is 0.769 bits per heavy atom.